The zero-order chi connectivity index (χ0) is 21.7. The second kappa shape index (κ2) is 7.62. The van der Waals surface area contributed by atoms with Crippen molar-refractivity contribution < 1.29 is 13.5 Å². The Hall–Kier alpha value is -2.97. The Kier molecular flexibility index (Phi) is 4.91. The van der Waals surface area contributed by atoms with E-state index in [-0.39, 0.29) is 28.6 Å². The van der Waals surface area contributed by atoms with Crippen LogP contribution in [0.25, 0.3) is 5.69 Å². The number of ether oxygens (including phenoxy) is 1. The zero-order valence-electron chi connectivity index (χ0n) is 16.9. The standard InChI is InChI=1S/C22H20ClF2N5O/c1-12-10-29(11-13(2)31-12)14-6-7-18-19(8-14)30-22(15(23)9-26-30)28-21(27-18)20-16(24)4-3-5-17(20)25/h3-9,12-13H,10-11H2,1-2H3,(H,27,28). The molecule has 3 aromatic rings. The van der Waals surface area contributed by atoms with E-state index >= 15 is 0 Å². The molecule has 5 rings (SSSR count). The van der Waals surface area contributed by atoms with Crippen molar-refractivity contribution in [1.29, 1.82) is 0 Å². The van der Waals surface area contributed by atoms with Crippen LogP contribution in [0.1, 0.15) is 19.4 Å². The summed E-state index contributed by atoms with van der Waals surface area (Å²) < 4.78 is 36.4. The van der Waals surface area contributed by atoms with Crippen LogP contribution in [0.4, 0.5) is 26.0 Å². The molecular formula is C22H20ClF2N5O. The number of morpholine rings is 1. The molecule has 2 aliphatic heterocycles. The lowest BCUT2D eigenvalue weighted by Gasteiger charge is -2.37. The van der Waals surface area contributed by atoms with Gasteiger partial charge in [0.2, 0.25) is 0 Å². The van der Waals surface area contributed by atoms with Gasteiger partial charge in [0, 0.05) is 18.8 Å². The highest BCUT2D eigenvalue weighted by Crippen LogP contribution is 2.37. The smallest absolute Gasteiger partial charge is 0.176 e. The van der Waals surface area contributed by atoms with Crippen LogP contribution in [-0.4, -0.2) is 40.9 Å². The van der Waals surface area contributed by atoms with Gasteiger partial charge in [-0.05, 0) is 44.2 Å². The van der Waals surface area contributed by atoms with Crippen molar-refractivity contribution in [2.24, 2.45) is 4.99 Å². The first-order valence-corrected chi connectivity index (χ1v) is 10.4. The summed E-state index contributed by atoms with van der Waals surface area (Å²) in [5, 5.41) is 7.71. The highest BCUT2D eigenvalue weighted by molar-refractivity contribution is 6.33. The number of aliphatic imine (C=N–C) groups is 1. The van der Waals surface area contributed by atoms with Crippen LogP contribution in [-0.2, 0) is 4.74 Å². The molecule has 1 saturated heterocycles. The second-order valence-corrected chi connectivity index (χ2v) is 8.18. The van der Waals surface area contributed by atoms with E-state index in [4.69, 9.17) is 16.3 Å². The first-order valence-electron chi connectivity index (χ1n) is 9.99. The Balaban J connectivity index is 1.63. The number of halogens is 3. The van der Waals surface area contributed by atoms with Crippen molar-refractivity contribution in [2.45, 2.75) is 26.1 Å². The summed E-state index contributed by atoms with van der Waals surface area (Å²) in [6.45, 7) is 5.60. The fraction of sp³-hybridized carbons (Fsp3) is 0.273. The number of aromatic nitrogens is 2. The molecule has 1 aromatic heterocycles. The average Bonchev–Trinajstić information content (AvgIpc) is 2.99. The third-order valence-corrected chi connectivity index (χ3v) is 5.63. The van der Waals surface area contributed by atoms with Gasteiger partial charge in [-0.3, -0.25) is 0 Å². The third kappa shape index (κ3) is 3.55. The van der Waals surface area contributed by atoms with Crippen LogP contribution < -0.4 is 10.2 Å². The number of hydrogen-bond acceptors (Lipinski definition) is 5. The summed E-state index contributed by atoms with van der Waals surface area (Å²) in [6.07, 6.45) is 1.68. The molecule has 0 saturated carbocycles. The van der Waals surface area contributed by atoms with Crippen molar-refractivity contribution in [3.63, 3.8) is 0 Å². The summed E-state index contributed by atoms with van der Waals surface area (Å²) in [7, 11) is 0. The van der Waals surface area contributed by atoms with Gasteiger partial charge >= 0.3 is 0 Å². The number of nitrogens with zero attached hydrogens (tertiary/aromatic N) is 4. The molecule has 2 aliphatic rings. The van der Waals surface area contributed by atoms with E-state index in [9.17, 15) is 8.78 Å². The zero-order valence-corrected chi connectivity index (χ0v) is 17.7. The highest BCUT2D eigenvalue weighted by Gasteiger charge is 2.26. The van der Waals surface area contributed by atoms with Crippen LogP contribution in [0.3, 0.4) is 0 Å². The Morgan fingerprint density at radius 1 is 1.10 bits per heavy atom. The van der Waals surface area contributed by atoms with E-state index in [1.165, 1.54) is 24.4 Å². The van der Waals surface area contributed by atoms with E-state index < -0.39 is 11.6 Å². The minimum absolute atomic E-state index is 0.0272. The molecule has 0 bridgehead atoms. The summed E-state index contributed by atoms with van der Waals surface area (Å²) in [5.41, 5.74) is 2.03. The van der Waals surface area contributed by atoms with Crippen LogP contribution in [0.2, 0.25) is 5.02 Å². The lowest BCUT2D eigenvalue weighted by Crippen LogP contribution is -2.45. The molecule has 1 fully saturated rings. The highest BCUT2D eigenvalue weighted by atomic mass is 35.5. The molecule has 160 valence electrons. The van der Waals surface area contributed by atoms with Gasteiger partial charge in [0.15, 0.2) is 5.82 Å². The van der Waals surface area contributed by atoms with E-state index in [0.717, 1.165) is 18.8 Å². The lowest BCUT2D eigenvalue weighted by molar-refractivity contribution is -0.00521. The Morgan fingerprint density at radius 3 is 2.52 bits per heavy atom. The van der Waals surface area contributed by atoms with Crippen LogP contribution in [0.15, 0.2) is 47.6 Å². The molecule has 1 N–H and O–H groups in total. The topological polar surface area (TPSA) is 54.7 Å². The van der Waals surface area contributed by atoms with Crippen molar-refractivity contribution >= 4 is 34.6 Å². The average molecular weight is 444 g/mol. The van der Waals surface area contributed by atoms with Crippen LogP contribution in [0.5, 0.6) is 0 Å². The number of fused-ring (bicyclic) bond motifs is 3. The van der Waals surface area contributed by atoms with Crippen molar-refractivity contribution in [2.75, 3.05) is 23.3 Å². The van der Waals surface area contributed by atoms with Gasteiger partial charge in [-0.2, -0.15) is 5.10 Å². The summed E-state index contributed by atoms with van der Waals surface area (Å²) in [5.74, 6) is -1.11. The summed E-state index contributed by atoms with van der Waals surface area (Å²) in [4.78, 5) is 6.68. The minimum atomic E-state index is -0.718. The maximum absolute atomic E-state index is 14.5. The molecule has 31 heavy (non-hydrogen) atoms. The summed E-state index contributed by atoms with van der Waals surface area (Å²) in [6, 6.07) is 9.48. The predicted molar refractivity (Wildman–Crippen MR) is 117 cm³/mol. The maximum Gasteiger partial charge on any atom is 0.176 e. The molecule has 2 atom stereocenters. The monoisotopic (exact) mass is 443 g/mol. The van der Waals surface area contributed by atoms with Gasteiger partial charge in [0.25, 0.3) is 0 Å². The maximum atomic E-state index is 14.5. The number of hydrogen-bond donors (Lipinski definition) is 1. The van der Waals surface area contributed by atoms with Gasteiger partial charge in [-0.1, -0.05) is 17.7 Å². The fourth-order valence-electron chi connectivity index (χ4n) is 4.09. The normalized spacial score (nSPS) is 20.4. The van der Waals surface area contributed by atoms with Crippen molar-refractivity contribution in [1.82, 2.24) is 9.78 Å². The van der Waals surface area contributed by atoms with Gasteiger partial charge in [0.1, 0.15) is 22.5 Å². The number of benzene rings is 2. The molecule has 6 nitrogen and oxygen atoms in total. The number of amidine groups is 1. The third-order valence-electron chi connectivity index (χ3n) is 5.37. The van der Waals surface area contributed by atoms with Gasteiger partial charge < -0.3 is 15.0 Å². The summed E-state index contributed by atoms with van der Waals surface area (Å²) >= 11 is 6.32. The lowest BCUT2D eigenvalue weighted by atomic mass is 10.1. The first-order chi connectivity index (χ1) is 14.9. The van der Waals surface area contributed by atoms with E-state index in [2.05, 4.69) is 20.3 Å². The minimum Gasteiger partial charge on any atom is -0.372 e. The molecule has 0 aliphatic carbocycles. The van der Waals surface area contributed by atoms with Gasteiger partial charge in [-0.25, -0.2) is 18.5 Å². The quantitative estimate of drug-likeness (QED) is 0.610. The van der Waals surface area contributed by atoms with Gasteiger partial charge in [-0.15, -0.1) is 0 Å². The molecule has 0 amide bonds. The Bertz CT molecular complexity index is 1160. The molecule has 0 spiro atoms. The molecule has 9 heteroatoms. The first kappa shape index (κ1) is 20.0. The van der Waals surface area contributed by atoms with Gasteiger partial charge in [0.05, 0.1) is 35.3 Å². The molecule has 3 heterocycles. The van der Waals surface area contributed by atoms with Crippen molar-refractivity contribution in [3.8, 4) is 5.69 Å². The SMILES string of the molecule is CC1CN(c2ccc3c(c2)-n2ncc(Cl)c2N=C(c2c(F)cccc2F)N3)CC(C)O1. The largest absolute Gasteiger partial charge is 0.372 e. The van der Waals surface area contributed by atoms with E-state index in [0.29, 0.717) is 17.2 Å². The Morgan fingerprint density at radius 2 is 1.81 bits per heavy atom. The molecule has 2 aromatic carbocycles. The Labute approximate surface area is 183 Å². The number of nitrogens with one attached hydrogen (secondary N) is 1. The van der Waals surface area contributed by atoms with Crippen LogP contribution >= 0.6 is 11.6 Å². The number of anilines is 2. The molecular weight excluding hydrogens is 424 g/mol. The van der Waals surface area contributed by atoms with Crippen LogP contribution in [0, 0.1) is 11.6 Å². The molecule has 2 unspecified atom stereocenters. The van der Waals surface area contributed by atoms with E-state index in [1.807, 2.05) is 32.0 Å². The number of rotatable bonds is 2. The fourth-order valence-corrected chi connectivity index (χ4v) is 4.26. The second-order valence-electron chi connectivity index (χ2n) is 7.77. The van der Waals surface area contributed by atoms with E-state index in [1.54, 1.807) is 4.68 Å². The van der Waals surface area contributed by atoms with Crippen molar-refractivity contribution in [3.05, 3.63) is 64.8 Å². The predicted octanol–water partition coefficient (Wildman–Crippen LogP) is 4.92. The molecule has 0 radical (unpaired) electrons.